The molecule has 0 aromatic heterocycles. The molecule has 0 aliphatic heterocycles. The highest BCUT2D eigenvalue weighted by atomic mass is 35.5. The number of aliphatic hydroxyl groups excluding tert-OH is 1. The molecule has 12 heteroatoms. The van der Waals surface area contributed by atoms with Crippen LogP contribution in [0.2, 0.25) is 0 Å². The van der Waals surface area contributed by atoms with Crippen LogP contribution in [-0.4, -0.2) is 73.5 Å². The van der Waals surface area contributed by atoms with E-state index < -0.39 is 29.7 Å². The summed E-state index contributed by atoms with van der Waals surface area (Å²) in [6.45, 7) is 9.06. The Hall–Kier alpha value is -4.06. The van der Waals surface area contributed by atoms with Crippen molar-refractivity contribution in [2.24, 2.45) is 11.1 Å². The molecular formula is C36H47ClF2N4O5. The molecule has 0 aliphatic carbocycles. The number of rotatable bonds is 17. The van der Waals surface area contributed by atoms with Crippen LogP contribution in [0, 0.1) is 17.6 Å². The predicted octanol–water partition coefficient (Wildman–Crippen LogP) is 5.77. The number of oxime groups is 1. The van der Waals surface area contributed by atoms with Gasteiger partial charge in [-0.3, -0.25) is 9.59 Å². The van der Waals surface area contributed by atoms with Gasteiger partial charge in [-0.2, -0.15) is 0 Å². The highest BCUT2D eigenvalue weighted by Crippen LogP contribution is 2.17. The largest absolute Gasteiger partial charge is 0.497 e. The van der Waals surface area contributed by atoms with Crippen LogP contribution in [0.4, 0.5) is 8.78 Å². The predicted molar refractivity (Wildman–Crippen MR) is 186 cm³/mol. The molecule has 0 saturated carbocycles. The molecular weight excluding hydrogens is 642 g/mol. The second-order valence-corrected chi connectivity index (χ2v) is 12.0. The molecule has 0 saturated heterocycles. The van der Waals surface area contributed by atoms with Gasteiger partial charge in [0.1, 0.15) is 24.0 Å². The number of amides is 2. The van der Waals surface area contributed by atoms with E-state index in [4.69, 9.17) is 9.57 Å². The Morgan fingerprint density at radius 3 is 2.29 bits per heavy atom. The standard InChI is InChI=1S/C36H46F2N4O5.ClH/c1-7-11-42(5)36(45)29-17-27(24(4)41-47-22-23(2)3)16-28(18-29)35(44)40-33(15-26-12-30(37)19-31(38)13-26)34(43)21-39-20-25-9-8-10-32(14-25)46-6;/h8-10,12-14,16-19,23,33-34,39,43H,7,11,15,20-22H2,1-6H3,(H,40,44);1H/b41-24+;/t33-,34+;/m0./s1. The molecule has 0 fully saturated rings. The fraction of sp³-hybridized carbons (Fsp3) is 0.417. The molecule has 0 bridgehead atoms. The zero-order chi connectivity index (χ0) is 34.5. The van der Waals surface area contributed by atoms with Crippen molar-refractivity contribution in [2.75, 3.05) is 33.9 Å². The molecule has 9 nitrogen and oxygen atoms in total. The molecule has 3 aromatic rings. The molecule has 3 aromatic carbocycles. The second-order valence-electron chi connectivity index (χ2n) is 12.0. The second kappa shape index (κ2) is 19.7. The van der Waals surface area contributed by atoms with E-state index in [1.54, 1.807) is 38.1 Å². The minimum Gasteiger partial charge on any atom is -0.497 e. The average Bonchev–Trinajstić information content (AvgIpc) is 3.03. The summed E-state index contributed by atoms with van der Waals surface area (Å²) in [6, 6.07) is 14.3. The molecule has 0 radical (unpaired) electrons. The number of ether oxygens (including phenoxy) is 1. The summed E-state index contributed by atoms with van der Waals surface area (Å²) in [6.07, 6.45) is -0.453. The van der Waals surface area contributed by atoms with E-state index in [1.165, 1.54) is 6.07 Å². The molecule has 262 valence electrons. The number of benzene rings is 3. The van der Waals surface area contributed by atoms with Crippen molar-refractivity contribution in [2.45, 2.75) is 59.2 Å². The van der Waals surface area contributed by atoms with Gasteiger partial charge in [0, 0.05) is 49.4 Å². The summed E-state index contributed by atoms with van der Waals surface area (Å²) < 4.78 is 33.4. The first kappa shape index (κ1) is 40.1. The van der Waals surface area contributed by atoms with Crippen molar-refractivity contribution in [1.82, 2.24) is 15.5 Å². The first-order valence-corrected chi connectivity index (χ1v) is 15.7. The number of carbonyl (C=O) groups is 2. The Bertz CT molecular complexity index is 1520. The lowest BCUT2D eigenvalue weighted by Crippen LogP contribution is -2.48. The van der Waals surface area contributed by atoms with E-state index >= 15 is 0 Å². The van der Waals surface area contributed by atoms with Crippen LogP contribution in [0.5, 0.6) is 5.75 Å². The molecule has 2 atom stereocenters. The van der Waals surface area contributed by atoms with Crippen LogP contribution in [0.3, 0.4) is 0 Å². The lowest BCUT2D eigenvalue weighted by Gasteiger charge is -2.25. The minimum absolute atomic E-state index is 0. The van der Waals surface area contributed by atoms with Gasteiger partial charge < -0.3 is 30.2 Å². The third-order valence-corrected chi connectivity index (χ3v) is 7.35. The van der Waals surface area contributed by atoms with E-state index in [2.05, 4.69) is 15.8 Å². The van der Waals surface area contributed by atoms with E-state index in [0.29, 0.717) is 36.7 Å². The molecule has 2 amide bonds. The van der Waals surface area contributed by atoms with Gasteiger partial charge in [-0.25, -0.2) is 8.78 Å². The molecule has 3 N–H and O–H groups in total. The van der Waals surface area contributed by atoms with Crippen molar-refractivity contribution < 1.29 is 33.1 Å². The lowest BCUT2D eigenvalue weighted by molar-refractivity contribution is 0.0795. The zero-order valence-electron chi connectivity index (χ0n) is 28.4. The maximum absolute atomic E-state index is 14.1. The van der Waals surface area contributed by atoms with Crippen LogP contribution in [0.25, 0.3) is 0 Å². The summed E-state index contributed by atoms with van der Waals surface area (Å²) >= 11 is 0. The van der Waals surface area contributed by atoms with Gasteiger partial charge in [-0.05, 0) is 79.3 Å². The normalized spacial score (nSPS) is 12.6. The van der Waals surface area contributed by atoms with Crippen molar-refractivity contribution in [3.8, 4) is 5.75 Å². The Labute approximate surface area is 288 Å². The van der Waals surface area contributed by atoms with Crippen LogP contribution in [0.1, 0.15) is 71.5 Å². The Balaban J connectivity index is 0.00000800. The molecule has 3 rings (SSSR count). The van der Waals surface area contributed by atoms with E-state index in [0.717, 1.165) is 30.2 Å². The molecule has 0 spiro atoms. The fourth-order valence-corrected chi connectivity index (χ4v) is 4.89. The van der Waals surface area contributed by atoms with Gasteiger partial charge in [0.05, 0.1) is 25.0 Å². The number of methoxy groups -OCH3 is 1. The molecule has 0 heterocycles. The van der Waals surface area contributed by atoms with E-state index in [-0.39, 0.29) is 53.9 Å². The smallest absolute Gasteiger partial charge is 0.253 e. The Morgan fingerprint density at radius 1 is 0.979 bits per heavy atom. The van der Waals surface area contributed by atoms with Gasteiger partial charge in [-0.1, -0.05) is 38.1 Å². The minimum atomic E-state index is -1.15. The van der Waals surface area contributed by atoms with Crippen molar-refractivity contribution >= 4 is 29.9 Å². The van der Waals surface area contributed by atoms with Gasteiger partial charge in [0.15, 0.2) is 0 Å². The summed E-state index contributed by atoms with van der Waals surface area (Å²) in [4.78, 5) is 34.1. The number of hydrogen-bond acceptors (Lipinski definition) is 7. The molecule has 0 unspecified atom stereocenters. The topological polar surface area (TPSA) is 112 Å². The van der Waals surface area contributed by atoms with E-state index in [9.17, 15) is 23.5 Å². The number of nitrogens with one attached hydrogen (secondary N) is 2. The number of aliphatic hydroxyl groups is 1. The summed E-state index contributed by atoms with van der Waals surface area (Å²) in [5.74, 6) is -1.44. The highest BCUT2D eigenvalue weighted by Gasteiger charge is 2.25. The van der Waals surface area contributed by atoms with Crippen LogP contribution < -0.4 is 15.4 Å². The summed E-state index contributed by atoms with van der Waals surface area (Å²) in [7, 11) is 3.26. The van der Waals surface area contributed by atoms with Gasteiger partial charge >= 0.3 is 0 Å². The van der Waals surface area contributed by atoms with Crippen LogP contribution in [0.15, 0.2) is 65.8 Å². The number of hydrogen-bond donors (Lipinski definition) is 3. The fourth-order valence-electron chi connectivity index (χ4n) is 4.89. The van der Waals surface area contributed by atoms with Crippen molar-refractivity contribution in [1.29, 1.82) is 0 Å². The van der Waals surface area contributed by atoms with Crippen LogP contribution in [-0.2, 0) is 17.8 Å². The third-order valence-electron chi connectivity index (χ3n) is 7.35. The Kier molecular flexibility index (Phi) is 16.5. The zero-order valence-corrected chi connectivity index (χ0v) is 29.2. The van der Waals surface area contributed by atoms with Gasteiger partial charge in [0.25, 0.3) is 11.8 Å². The maximum Gasteiger partial charge on any atom is 0.253 e. The first-order chi connectivity index (χ1) is 22.4. The third kappa shape index (κ3) is 12.5. The van der Waals surface area contributed by atoms with Gasteiger partial charge in [-0.15, -0.1) is 12.4 Å². The van der Waals surface area contributed by atoms with Crippen molar-refractivity contribution in [3.05, 3.63) is 100 Å². The number of halogens is 3. The SMILES string of the molecule is CCCN(C)C(=O)c1cc(C(=O)N[C@@H](Cc2cc(F)cc(F)c2)[C@H](O)CNCc2cccc(OC)c2)cc(/C(C)=N/OCC(C)C)c1.Cl. The molecule has 0 aliphatic rings. The quantitative estimate of drug-likeness (QED) is 0.123. The number of nitrogens with zero attached hydrogens (tertiary/aromatic N) is 2. The lowest BCUT2D eigenvalue weighted by atomic mass is 9.98. The summed E-state index contributed by atoms with van der Waals surface area (Å²) in [5, 5.41) is 21.4. The average molecular weight is 689 g/mol. The van der Waals surface area contributed by atoms with Gasteiger partial charge in [0.2, 0.25) is 0 Å². The number of carbonyl (C=O) groups excluding carboxylic acids is 2. The van der Waals surface area contributed by atoms with Crippen LogP contribution >= 0.6 is 12.4 Å². The monoisotopic (exact) mass is 688 g/mol. The maximum atomic E-state index is 14.1. The Morgan fingerprint density at radius 2 is 1.65 bits per heavy atom. The molecule has 48 heavy (non-hydrogen) atoms. The van der Waals surface area contributed by atoms with Crippen molar-refractivity contribution in [3.63, 3.8) is 0 Å². The summed E-state index contributed by atoms with van der Waals surface area (Å²) in [5.41, 5.74) is 2.60. The first-order valence-electron chi connectivity index (χ1n) is 15.7. The highest BCUT2D eigenvalue weighted by molar-refractivity contribution is 6.06. The van der Waals surface area contributed by atoms with E-state index in [1.807, 2.05) is 45.0 Å².